The standard InChI is InChI=1S/C31H39N3O2/c1-20-16-26-25-6-4-5-7-27(25)32-28(26)29(34(20)31-17-21(18-31)19-31)22-8-10-24(11-9-22)33-14-12-23(13-15-33)30(35-2)36-3/h4-11,20-21,23,29-30,32H,12-19H2,1-3H3/t20-,21?,29-,31?/m1/s1. The van der Waals surface area contributed by atoms with Crippen molar-refractivity contribution in [1.82, 2.24) is 9.88 Å². The van der Waals surface area contributed by atoms with E-state index in [9.17, 15) is 0 Å². The van der Waals surface area contributed by atoms with E-state index in [4.69, 9.17) is 9.47 Å². The number of aromatic nitrogens is 1. The largest absolute Gasteiger partial charge is 0.372 e. The summed E-state index contributed by atoms with van der Waals surface area (Å²) in [6, 6.07) is 19.3. The average Bonchev–Trinajstić information content (AvgIpc) is 3.22. The van der Waals surface area contributed by atoms with Gasteiger partial charge in [-0.1, -0.05) is 30.3 Å². The first-order valence-corrected chi connectivity index (χ1v) is 13.9. The van der Waals surface area contributed by atoms with Crippen LogP contribution in [0.3, 0.4) is 0 Å². The van der Waals surface area contributed by atoms with Crippen molar-refractivity contribution in [2.75, 3.05) is 32.2 Å². The zero-order chi connectivity index (χ0) is 24.4. The lowest BCUT2D eigenvalue weighted by molar-refractivity contribution is -0.174. The first kappa shape index (κ1) is 22.8. The van der Waals surface area contributed by atoms with E-state index in [1.165, 1.54) is 52.7 Å². The molecule has 0 unspecified atom stereocenters. The van der Waals surface area contributed by atoms with Crippen LogP contribution in [0.5, 0.6) is 0 Å². The highest BCUT2D eigenvalue weighted by atomic mass is 16.7. The Morgan fingerprint density at radius 2 is 1.64 bits per heavy atom. The number of para-hydroxylation sites is 1. The van der Waals surface area contributed by atoms with E-state index in [0.29, 0.717) is 23.5 Å². The Morgan fingerprint density at radius 1 is 0.944 bits per heavy atom. The number of hydrogen-bond acceptors (Lipinski definition) is 4. The molecule has 1 N–H and O–H groups in total. The highest BCUT2D eigenvalue weighted by Crippen LogP contribution is 2.64. The van der Waals surface area contributed by atoms with Gasteiger partial charge in [0.1, 0.15) is 0 Å². The van der Waals surface area contributed by atoms with Gasteiger partial charge in [0, 0.05) is 67.1 Å². The SMILES string of the molecule is COC(OC)C1CCN(c2ccc([C@@H]3c4[nH]c5ccccc5c4C[C@@H](C)N3C34CC(C3)C4)cc2)CC1. The molecule has 3 aromatic rings. The summed E-state index contributed by atoms with van der Waals surface area (Å²) in [4.78, 5) is 9.31. The number of nitrogens with one attached hydrogen (secondary N) is 1. The minimum atomic E-state index is -0.0868. The van der Waals surface area contributed by atoms with Crippen LogP contribution in [-0.4, -0.2) is 55.1 Å². The molecule has 5 nitrogen and oxygen atoms in total. The highest BCUT2D eigenvalue weighted by molar-refractivity contribution is 5.85. The predicted molar refractivity (Wildman–Crippen MR) is 144 cm³/mol. The minimum Gasteiger partial charge on any atom is -0.372 e. The van der Waals surface area contributed by atoms with E-state index in [-0.39, 0.29) is 6.29 Å². The summed E-state index contributed by atoms with van der Waals surface area (Å²) in [6.45, 7) is 4.57. The summed E-state index contributed by atoms with van der Waals surface area (Å²) in [5, 5.41) is 1.41. The molecule has 3 heterocycles. The molecular weight excluding hydrogens is 446 g/mol. The lowest BCUT2D eigenvalue weighted by Gasteiger charge is -2.70. The molecule has 0 spiro atoms. The molecule has 3 saturated carbocycles. The molecular formula is C31H39N3O2. The number of benzene rings is 2. The molecule has 2 atom stereocenters. The molecule has 5 aliphatic rings. The van der Waals surface area contributed by atoms with Crippen molar-refractivity contribution in [2.24, 2.45) is 11.8 Å². The van der Waals surface area contributed by atoms with Gasteiger partial charge in [0.2, 0.25) is 0 Å². The second kappa shape index (κ2) is 8.61. The summed E-state index contributed by atoms with van der Waals surface area (Å²) < 4.78 is 11.1. The summed E-state index contributed by atoms with van der Waals surface area (Å²) in [7, 11) is 3.50. The summed E-state index contributed by atoms with van der Waals surface area (Å²) in [5.41, 5.74) is 7.42. The number of rotatable bonds is 6. The van der Waals surface area contributed by atoms with Crippen LogP contribution in [0.15, 0.2) is 48.5 Å². The fourth-order valence-corrected chi connectivity index (χ4v) is 8.06. The number of anilines is 1. The molecule has 2 aromatic carbocycles. The first-order chi connectivity index (χ1) is 17.6. The molecule has 0 amide bonds. The third-order valence-electron chi connectivity index (χ3n) is 9.89. The number of methoxy groups -OCH3 is 2. The Morgan fingerprint density at radius 3 is 2.28 bits per heavy atom. The van der Waals surface area contributed by atoms with E-state index in [1.807, 2.05) is 0 Å². The molecule has 190 valence electrons. The number of fused-ring (bicyclic) bond motifs is 3. The fraction of sp³-hybridized carbons (Fsp3) is 0.548. The summed E-state index contributed by atoms with van der Waals surface area (Å²) in [5.74, 6) is 1.45. The van der Waals surface area contributed by atoms with Gasteiger partial charge in [0.05, 0.1) is 6.04 Å². The smallest absolute Gasteiger partial charge is 0.159 e. The molecule has 8 rings (SSSR count). The third-order valence-corrected chi connectivity index (χ3v) is 9.89. The van der Waals surface area contributed by atoms with Crippen LogP contribution >= 0.6 is 0 Å². The number of hydrogen-bond donors (Lipinski definition) is 1. The zero-order valence-electron chi connectivity index (χ0n) is 21.9. The Balaban J connectivity index is 1.19. The van der Waals surface area contributed by atoms with E-state index in [0.717, 1.165) is 38.3 Å². The highest BCUT2D eigenvalue weighted by Gasteiger charge is 2.63. The van der Waals surface area contributed by atoms with Gasteiger partial charge in [-0.05, 0) is 80.7 Å². The number of aromatic amines is 1. The normalized spacial score (nSPS) is 30.3. The van der Waals surface area contributed by atoms with E-state index in [2.05, 4.69) is 70.2 Å². The average molecular weight is 486 g/mol. The monoisotopic (exact) mass is 485 g/mol. The van der Waals surface area contributed by atoms with Crippen LogP contribution in [0, 0.1) is 11.8 Å². The Hall–Kier alpha value is -2.34. The van der Waals surface area contributed by atoms with Crippen molar-refractivity contribution in [3.05, 3.63) is 65.4 Å². The molecule has 3 aliphatic carbocycles. The van der Waals surface area contributed by atoms with Crippen molar-refractivity contribution in [3.8, 4) is 0 Å². The lowest BCUT2D eigenvalue weighted by Crippen LogP contribution is -2.71. The van der Waals surface area contributed by atoms with Gasteiger partial charge in [0.15, 0.2) is 6.29 Å². The van der Waals surface area contributed by atoms with Crippen molar-refractivity contribution in [2.45, 2.75) is 69.4 Å². The molecule has 1 aromatic heterocycles. The van der Waals surface area contributed by atoms with Gasteiger partial charge in [-0.2, -0.15) is 0 Å². The van der Waals surface area contributed by atoms with Gasteiger partial charge in [0.25, 0.3) is 0 Å². The summed E-state index contributed by atoms with van der Waals surface area (Å²) >= 11 is 0. The second-order valence-electron chi connectivity index (χ2n) is 11.9. The maximum Gasteiger partial charge on any atom is 0.159 e. The number of nitrogens with zero attached hydrogens (tertiary/aromatic N) is 2. The van der Waals surface area contributed by atoms with Crippen molar-refractivity contribution in [1.29, 1.82) is 0 Å². The number of H-pyrrole nitrogens is 1. The van der Waals surface area contributed by atoms with Crippen LogP contribution < -0.4 is 4.90 Å². The van der Waals surface area contributed by atoms with Gasteiger partial charge < -0.3 is 19.4 Å². The Labute approximate surface area is 214 Å². The maximum absolute atomic E-state index is 5.53. The molecule has 5 heteroatoms. The molecule has 4 fully saturated rings. The van der Waals surface area contributed by atoms with Gasteiger partial charge in [-0.3, -0.25) is 4.90 Å². The van der Waals surface area contributed by atoms with Gasteiger partial charge in [-0.25, -0.2) is 0 Å². The quantitative estimate of drug-likeness (QED) is 0.442. The molecule has 0 radical (unpaired) electrons. The van der Waals surface area contributed by atoms with E-state index >= 15 is 0 Å². The molecule has 36 heavy (non-hydrogen) atoms. The van der Waals surface area contributed by atoms with E-state index in [1.54, 1.807) is 14.2 Å². The summed E-state index contributed by atoms with van der Waals surface area (Å²) in [6.07, 6.45) is 7.42. The van der Waals surface area contributed by atoms with Crippen LogP contribution in [0.1, 0.15) is 61.9 Å². The van der Waals surface area contributed by atoms with E-state index < -0.39 is 0 Å². The maximum atomic E-state index is 5.53. The Bertz CT molecular complexity index is 1220. The van der Waals surface area contributed by atoms with Crippen LogP contribution in [0.2, 0.25) is 0 Å². The molecule has 1 saturated heterocycles. The van der Waals surface area contributed by atoms with Crippen LogP contribution in [-0.2, 0) is 15.9 Å². The topological polar surface area (TPSA) is 40.7 Å². The molecule has 2 aliphatic heterocycles. The zero-order valence-corrected chi connectivity index (χ0v) is 21.9. The predicted octanol–water partition coefficient (Wildman–Crippen LogP) is 5.89. The van der Waals surface area contributed by atoms with Gasteiger partial charge >= 0.3 is 0 Å². The number of piperidine rings is 1. The number of ether oxygens (including phenoxy) is 2. The first-order valence-electron chi connectivity index (χ1n) is 13.9. The van der Waals surface area contributed by atoms with Crippen molar-refractivity contribution in [3.63, 3.8) is 0 Å². The second-order valence-corrected chi connectivity index (χ2v) is 11.9. The van der Waals surface area contributed by atoms with Crippen molar-refractivity contribution < 1.29 is 9.47 Å². The third kappa shape index (κ3) is 3.39. The molecule has 2 bridgehead atoms. The fourth-order valence-electron chi connectivity index (χ4n) is 8.06. The lowest BCUT2D eigenvalue weighted by atomic mass is 9.48. The Kier molecular flexibility index (Phi) is 5.46. The van der Waals surface area contributed by atoms with Crippen LogP contribution in [0.4, 0.5) is 5.69 Å². The van der Waals surface area contributed by atoms with Gasteiger partial charge in [-0.15, -0.1) is 0 Å². The van der Waals surface area contributed by atoms with Crippen molar-refractivity contribution >= 4 is 16.6 Å². The minimum absolute atomic E-state index is 0.0868. The van der Waals surface area contributed by atoms with Crippen LogP contribution in [0.25, 0.3) is 10.9 Å².